The third-order valence-electron chi connectivity index (χ3n) is 6.97. The summed E-state index contributed by atoms with van der Waals surface area (Å²) in [6.07, 6.45) is 0.222. The molecule has 4 aromatic rings. The highest BCUT2D eigenvalue weighted by molar-refractivity contribution is 7.92. The van der Waals surface area contributed by atoms with Gasteiger partial charge < -0.3 is 15.0 Å². The molecule has 0 heterocycles. The molecule has 44 heavy (non-hydrogen) atoms. The molecule has 8 nitrogen and oxygen atoms in total. The summed E-state index contributed by atoms with van der Waals surface area (Å²) in [5, 5.41) is 3.28. The molecule has 1 N–H and O–H groups in total. The first-order valence-corrected chi connectivity index (χ1v) is 16.2. The van der Waals surface area contributed by atoms with Crippen molar-refractivity contribution in [2.45, 2.75) is 37.8 Å². The first-order valence-electron chi connectivity index (χ1n) is 14.4. The van der Waals surface area contributed by atoms with Gasteiger partial charge in [0.2, 0.25) is 11.8 Å². The molecule has 0 aliphatic heterocycles. The Balaban J connectivity index is 1.77. The quantitative estimate of drug-likeness (QED) is 0.192. The molecule has 0 bridgehead atoms. The minimum Gasteiger partial charge on any atom is -0.494 e. The molecule has 2 amide bonds. The van der Waals surface area contributed by atoms with Crippen LogP contribution in [0.15, 0.2) is 114 Å². The Morgan fingerprint density at radius 2 is 1.45 bits per heavy atom. The highest BCUT2D eigenvalue weighted by Gasteiger charge is 2.34. The number of para-hydroxylation sites is 1. The monoisotopic (exact) mass is 633 g/mol. The van der Waals surface area contributed by atoms with E-state index in [0.29, 0.717) is 35.2 Å². The number of sulfonamides is 1. The molecular formula is C34H36ClN3O5S. The number of amides is 2. The average molecular weight is 634 g/mol. The second-order valence-electron chi connectivity index (χ2n) is 9.96. The smallest absolute Gasteiger partial charge is 0.264 e. The van der Waals surface area contributed by atoms with E-state index in [-0.39, 0.29) is 23.8 Å². The fraction of sp³-hybridized carbons (Fsp3) is 0.235. The van der Waals surface area contributed by atoms with Gasteiger partial charge in [-0.05, 0) is 67.4 Å². The van der Waals surface area contributed by atoms with Crippen LogP contribution >= 0.6 is 11.6 Å². The van der Waals surface area contributed by atoms with Gasteiger partial charge in [0.25, 0.3) is 10.0 Å². The maximum absolute atomic E-state index is 14.4. The summed E-state index contributed by atoms with van der Waals surface area (Å²) in [7, 11) is -4.21. The zero-order valence-corrected chi connectivity index (χ0v) is 26.3. The summed E-state index contributed by atoms with van der Waals surface area (Å²) in [5.74, 6) is -0.377. The molecule has 0 aliphatic rings. The highest BCUT2D eigenvalue weighted by atomic mass is 35.5. The predicted octanol–water partition coefficient (Wildman–Crippen LogP) is 5.71. The van der Waals surface area contributed by atoms with Crippen LogP contribution in [0.2, 0.25) is 5.02 Å². The van der Waals surface area contributed by atoms with Crippen molar-refractivity contribution < 1.29 is 22.7 Å². The number of rotatable bonds is 14. The van der Waals surface area contributed by atoms with Gasteiger partial charge in [0.05, 0.1) is 17.2 Å². The summed E-state index contributed by atoms with van der Waals surface area (Å²) in [6, 6.07) is 30.0. The lowest BCUT2D eigenvalue weighted by atomic mass is 10.0. The number of nitrogens with zero attached hydrogens (tertiary/aromatic N) is 2. The van der Waals surface area contributed by atoms with E-state index in [1.807, 2.05) is 37.3 Å². The summed E-state index contributed by atoms with van der Waals surface area (Å²) in [6.45, 7) is 3.90. The lowest BCUT2D eigenvalue weighted by Gasteiger charge is -2.34. The summed E-state index contributed by atoms with van der Waals surface area (Å²) >= 11 is 6.51. The Morgan fingerprint density at radius 3 is 2.07 bits per heavy atom. The van der Waals surface area contributed by atoms with E-state index in [0.717, 1.165) is 9.87 Å². The Bertz CT molecular complexity index is 1630. The number of hydrogen-bond acceptors (Lipinski definition) is 5. The molecule has 0 aliphatic carbocycles. The van der Waals surface area contributed by atoms with E-state index >= 15 is 0 Å². The number of hydrogen-bond donors (Lipinski definition) is 1. The van der Waals surface area contributed by atoms with Gasteiger partial charge in [0.15, 0.2) is 0 Å². The summed E-state index contributed by atoms with van der Waals surface area (Å²) < 4.78 is 34.7. The number of halogens is 1. The first-order chi connectivity index (χ1) is 21.2. The van der Waals surface area contributed by atoms with Gasteiger partial charge in [-0.1, -0.05) is 78.3 Å². The van der Waals surface area contributed by atoms with Crippen LogP contribution in [0.1, 0.15) is 25.0 Å². The Morgan fingerprint density at radius 1 is 0.841 bits per heavy atom. The SMILES string of the molecule is CCNC(=O)[C@@H](Cc1ccccc1)N(Cc1ccccc1Cl)C(=O)CN(c1ccccc1)S(=O)(=O)c1ccc(OCC)cc1. The Hall–Kier alpha value is -4.34. The molecule has 0 saturated carbocycles. The number of anilines is 1. The van der Waals surface area contributed by atoms with Crippen molar-refractivity contribution in [2.24, 2.45) is 0 Å². The molecule has 10 heteroatoms. The van der Waals surface area contributed by atoms with Crippen LogP contribution in [0.3, 0.4) is 0 Å². The van der Waals surface area contributed by atoms with Crippen LogP contribution in [-0.4, -0.2) is 50.9 Å². The largest absolute Gasteiger partial charge is 0.494 e. The standard InChI is InChI=1S/C34H36ClN3O5S/c1-3-36-34(40)32(23-26-13-7-5-8-14-26)37(24-27-15-11-12-18-31(27)35)33(39)25-38(28-16-9-6-10-17-28)44(41,42)30-21-19-29(20-22-30)43-4-2/h5-22,32H,3-4,23-25H2,1-2H3,(H,36,40)/t32-/m1/s1. The third-order valence-corrected chi connectivity index (χ3v) is 9.12. The fourth-order valence-corrected chi connectivity index (χ4v) is 6.39. The molecule has 0 fully saturated rings. The van der Waals surface area contributed by atoms with Crippen molar-refractivity contribution in [2.75, 3.05) is 24.0 Å². The maximum Gasteiger partial charge on any atom is 0.264 e. The minimum absolute atomic E-state index is 0.000165. The van der Waals surface area contributed by atoms with Gasteiger partial charge in [-0.3, -0.25) is 13.9 Å². The highest BCUT2D eigenvalue weighted by Crippen LogP contribution is 2.27. The van der Waals surface area contributed by atoms with Gasteiger partial charge >= 0.3 is 0 Å². The molecule has 230 valence electrons. The molecule has 4 aromatic carbocycles. The average Bonchev–Trinajstić information content (AvgIpc) is 3.03. The summed E-state index contributed by atoms with van der Waals surface area (Å²) in [5.41, 5.74) is 1.79. The molecule has 0 radical (unpaired) electrons. The maximum atomic E-state index is 14.4. The minimum atomic E-state index is -4.21. The fourth-order valence-electron chi connectivity index (χ4n) is 4.78. The van der Waals surface area contributed by atoms with Crippen LogP contribution in [-0.2, 0) is 32.6 Å². The van der Waals surface area contributed by atoms with Crippen molar-refractivity contribution in [3.63, 3.8) is 0 Å². The molecule has 0 saturated heterocycles. The molecule has 1 atom stereocenters. The zero-order valence-electron chi connectivity index (χ0n) is 24.7. The number of benzene rings is 4. The van der Waals surface area contributed by atoms with Gasteiger partial charge in [0, 0.05) is 24.5 Å². The number of carbonyl (C=O) groups excluding carboxylic acids is 2. The van der Waals surface area contributed by atoms with E-state index in [2.05, 4.69) is 5.32 Å². The molecule has 0 spiro atoms. The van der Waals surface area contributed by atoms with E-state index in [1.165, 1.54) is 17.0 Å². The van der Waals surface area contributed by atoms with Gasteiger partial charge in [-0.2, -0.15) is 0 Å². The van der Waals surface area contributed by atoms with Crippen LogP contribution in [0.5, 0.6) is 5.75 Å². The van der Waals surface area contributed by atoms with Gasteiger partial charge in [0.1, 0.15) is 18.3 Å². The number of ether oxygens (including phenoxy) is 1. The van der Waals surface area contributed by atoms with E-state index in [4.69, 9.17) is 16.3 Å². The lowest BCUT2D eigenvalue weighted by Crippen LogP contribution is -2.53. The lowest BCUT2D eigenvalue weighted by molar-refractivity contribution is -0.140. The molecule has 0 aromatic heterocycles. The van der Waals surface area contributed by atoms with E-state index in [1.54, 1.807) is 73.7 Å². The Labute approximate surface area is 264 Å². The second-order valence-corrected chi connectivity index (χ2v) is 12.2. The molecule has 4 rings (SSSR count). The van der Waals surface area contributed by atoms with E-state index in [9.17, 15) is 18.0 Å². The summed E-state index contributed by atoms with van der Waals surface area (Å²) in [4.78, 5) is 29.3. The van der Waals surface area contributed by atoms with Gasteiger partial charge in [-0.25, -0.2) is 8.42 Å². The van der Waals surface area contributed by atoms with Crippen LogP contribution < -0.4 is 14.4 Å². The van der Waals surface area contributed by atoms with Crippen LogP contribution in [0.4, 0.5) is 5.69 Å². The Kier molecular flexibility index (Phi) is 11.4. The topological polar surface area (TPSA) is 96.0 Å². The normalized spacial score (nSPS) is 11.8. The number of likely N-dealkylation sites (N-methyl/N-ethyl adjacent to an activating group) is 1. The van der Waals surface area contributed by atoms with Crippen molar-refractivity contribution in [3.05, 3.63) is 125 Å². The van der Waals surface area contributed by atoms with Gasteiger partial charge in [-0.15, -0.1) is 0 Å². The molecule has 0 unspecified atom stereocenters. The number of carbonyl (C=O) groups is 2. The van der Waals surface area contributed by atoms with Crippen molar-refractivity contribution in [3.8, 4) is 5.75 Å². The van der Waals surface area contributed by atoms with Crippen LogP contribution in [0.25, 0.3) is 0 Å². The van der Waals surface area contributed by atoms with Crippen LogP contribution in [0, 0.1) is 0 Å². The number of nitrogens with one attached hydrogen (secondary N) is 1. The van der Waals surface area contributed by atoms with Crippen molar-refractivity contribution in [1.82, 2.24) is 10.2 Å². The van der Waals surface area contributed by atoms with E-state index < -0.39 is 28.5 Å². The predicted molar refractivity (Wildman–Crippen MR) is 173 cm³/mol. The van der Waals surface area contributed by atoms with Crippen molar-refractivity contribution >= 4 is 39.1 Å². The third kappa shape index (κ3) is 8.18. The first kappa shape index (κ1) is 32.6. The molecular weight excluding hydrogens is 598 g/mol. The van der Waals surface area contributed by atoms with Crippen molar-refractivity contribution in [1.29, 1.82) is 0 Å². The second kappa shape index (κ2) is 15.4. The zero-order chi connectivity index (χ0) is 31.5.